The maximum Gasteiger partial charge on any atom is 0.283 e. The maximum absolute atomic E-state index is 11.8. The van der Waals surface area contributed by atoms with Gasteiger partial charge in [0.1, 0.15) is 5.75 Å². The highest BCUT2D eigenvalue weighted by Gasteiger charge is 2.14. The minimum absolute atomic E-state index is 0.0374. The standard InChI is InChI=1S/C13H17N3O2S/c1-3-16(4-2)13(18)12(19)15-14-9-10-7-5-6-8-11(10)17/h5-9,17H,3-4H2,1-2H3,(H,15,19)/b14-9+. The van der Waals surface area contributed by atoms with Gasteiger partial charge >= 0.3 is 0 Å². The second kappa shape index (κ2) is 7.48. The Morgan fingerprint density at radius 2 is 2.05 bits per heavy atom. The fourth-order valence-corrected chi connectivity index (χ4v) is 1.64. The van der Waals surface area contributed by atoms with Crippen LogP contribution in [0.1, 0.15) is 19.4 Å². The number of benzene rings is 1. The summed E-state index contributed by atoms with van der Waals surface area (Å²) in [6, 6.07) is 6.76. The van der Waals surface area contributed by atoms with Gasteiger partial charge < -0.3 is 10.0 Å². The molecule has 1 aromatic rings. The number of likely N-dealkylation sites (N-methyl/N-ethyl adjacent to an activating group) is 1. The fourth-order valence-electron chi connectivity index (χ4n) is 1.46. The van der Waals surface area contributed by atoms with Gasteiger partial charge in [0.2, 0.25) is 0 Å². The predicted octanol–water partition coefficient (Wildman–Crippen LogP) is 1.51. The average molecular weight is 279 g/mol. The molecule has 102 valence electrons. The van der Waals surface area contributed by atoms with E-state index in [1.165, 1.54) is 6.21 Å². The number of hydrazone groups is 1. The Kier molecular flexibility index (Phi) is 5.95. The topological polar surface area (TPSA) is 64.9 Å². The van der Waals surface area contributed by atoms with E-state index in [9.17, 15) is 9.90 Å². The van der Waals surface area contributed by atoms with Crippen molar-refractivity contribution in [1.82, 2.24) is 10.3 Å². The number of aromatic hydroxyl groups is 1. The monoisotopic (exact) mass is 279 g/mol. The summed E-state index contributed by atoms with van der Waals surface area (Å²) in [6.07, 6.45) is 1.41. The van der Waals surface area contributed by atoms with Crippen LogP contribution >= 0.6 is 12.2 Å². The van der Waals surface area contributed by atoms with E-state index in [1.54, 1.807) is 29.2 Å². The van der Waals surface area contributed by atoms with Gasteiger partial charge in [-0.3, -0.25) is 10.2 Å². The summed E-state index contributed by atoms with van der Waals surface area (Å²) < 4.78 is 0. The summed E-state index contributed by atoms with van der Waals surface area (Å²) in [5.41, 5.74) is 3.05. The van der Waals surface area contributed by atoms with Gasteiger partial charge in [0.25, 0.3) is 5.91 Å². The van der Waals surface area contributed by atoms with Gasteiger partial charge in [-0.05, 0) is 26.0 Å². The summed E-state index contributed by atoms with van der Waals surface area (Å²) in [5.74, 6) is -0.136. The SMILES string of the molecule is CCN(CC)C(=O)C(=S)N/N=C/c1ccccc1O. The maximum atomic E-state index is 11.8. The largest absolute Gasteiger partial charge is 0.507 e. The van der Waals surface area contributed by atoms with Crippen LogP contribution in [0.25, 0.3) is 0 Å². The lowest BCUT2D eigenvalue weighted by Gasteiger charge is -2.18. The number of nitrogens with zero attached hydrogens (tertiary/aromatic N) is 2. The second-order valence-electron chi connectivity index (χ2n) is 3.74. The Balaban J connectivity index is 2.60. The van der Waals surface area contributed by atoms with Crippen molar-refractivity contribution < 1.29 is 9.90 Å². The van der Waals surface area contributed by atoms with Crippen LogP contribution in [-0.4, -0.2) is 40.2 Å². The number of para-hydroxylation sites is 1. The number of nitrogens with one attached hydrogen (secondary N) is 1. The van der Waals surface area contributed by atoms with E-state index in [0.29, 0.717) is 18.7 Å². The number of rotatable bonds is 4. The number of phenolic OH excluding ortho intramolecular Hbond substituents is 1. The highest BCUT2D eigenvalue weighted by Crippen LogP contribution is 2.12. The molecule has 0 saturated heterocycles. The van der Waals surface area contributed by atoms with Gasteiger partial charge in [0, 0.05) is 18.7 Å². The summed E-state index contributed by atoms with van der Waals surface area (Å²) in [4.78, 5) is 13.5. The lowest BCUT2D eigenvalue weighted by molar-refractivity contribution is -0.123. The van der Waals surface area contributed by atoms with Gasteiger partial charge in [-0.15, -0.1) is 0 Å². The zero-order valence-corrected chi connectivity index (χ0v) is 11.8. The molecule has 1 rings (SSSR count). The fraction of sp³-hybridized carbons (Fsp3) is 0.308. The van der Waals surface area contributed by atoms with Crippen LogP contribution in [0, 0.1) is 0 Å². The average Bonchev–Trinajstić information content (AvgIpc) is 2.42. The van der Waals surface area contributed by atoms with E-state index < -0.39 is 0 Å². The Morgan fingerprint density at radius 3 is 2.63 bits per heavy atom. The Morgan fingerprint density at radius 1 is 1.42 bits per heavy atom. The van der Waals surface area contributed by atoms with Crippen molar-refractivity contribution in [3.8, 4) is 5.75 Å². The van der Waals surface area contributed by atoms with Gasteiger partial charge in [0.05, 0.1) is 6.21 Å². The van der Waals surface area contributed by atoms with Crippen LogP contribution in [0.4, 0.5) is 0 Å². The molecule has 0 aromatic heterocycles. The van der Waals surface area contributed by atoms with Crippen LogP contribution in [0.15, 0.2) is 29.4 Å². The van der Waals surface area contributed by atoms with Crippen molar-refractivity contribution in [1.29, 1.82) is 0 Å². The van der Waals surface area contributed by atoms with Gasteiger partial charge in [0.15, 0.2) is 4.99 Å². The van der Waals surface area contributed by atoms with E-state index in [2.05, 4.69) is 10.5 Å². The molecule has 2 N–H and O–H groups in total. The highest BCUT2D eigenvalue weighted by molar-refractivity contribution is 7.82. The third-order valence-electron chi connectivity index (χ3n) is 2.55. The zero-order valence-electron chi connectivity index (χ0n) is 11.0. The molecular weight excluding hydrogens is 262 g/mol. The normalized spacial score (nSPS) is 10.4. The summed E-state index contributed by atoms with van der Waals surface area (Å²) >= 11 is 4.96. The van der Waals surface area contributed by atoms with Crippen molar-refractivity contribution in [3.05, 3.63) is 29.8 Å². The van der Waals surface area contributed by atoms with Crippen LogP contribution in [0.3, 0.4) is 0 Å². The van der Waals surface area contributed by atoms with Crippen molar-refractivity contribution in [3.63, 3.8) is 0 Å². The van der Waals surface area contributed by atoms with E-state index in [1.807, 2.05) is 13.8 Å². The molecule has 0 spiro atoms. The molecule has 0 aliphatic carbocycles. The number of carbonyl (C=O) groups excluding carboxylic acids is 1. The molecule has 0 aliphatic heterocycles. The van der Waals surface area contributed by atoms with Crippen LogP contribution in [0.5, 0.6) is 5.75 Å². The van der Waals surface area contributed by atoms with Crippen molar-refractivity contribution >= 4 is 29.3 Å². The molecule has 19 heavy (non-hydrogen) atoms. The van der Waals surface area contributed by atoms with E-state index >= 15 is 0 Å². The first-order valence-electron chi connectivity index (χ1n) is 6.00. The van der Waals surface area contributed by atoms with Crippen molar-refractivity contribution in [2.45, 2.75) is 13.8 Å². The van der Waals surface area contributed by atoms with E-state index in [0.717, 1.165) is 0 Å². The quantitative estimate of drug-likeness (QED) is 0.498. The minimum atomic E-state index is -0.255. The van der Waals surface area contributed by atoms with Crippen LogP contribution < -0.4 is 5.43 Å². The molecule has 1 amide bonds. The molecule has 1 aromatic carbocycles. The van der Waals surface area contributed by atoms with Crippen molar-refractivity contribution in [2.24, 2.45) is 5.10 Å². The molecular formula is C13H17N3O2S. The summed E-state index contributed by atoms with van der Waals surface area (Å²) in [5, 5.41) is 13.4. The molecule has 0 fully saturated rings. The number of carbonyl (C=O) groups is 1. The van der Waals surface area contributed by atoms with Gasteiger partial charge in [-0.2, -0.15) is 5.10 Å². The molecule has 5 nitrogen and oxygen atoms in total. The molecule has 0 saturated carbocycles. The summed E-state index contributed by atoms with van der Waals surface area (Å²) in [6.45, 7) is 4.96. The highest BCUT2D eigenvalue weighted by atomic mass is 32.1. The molecule has 0 bridgehead atoms. The third kappa shape index (κ3) is 4.33. The number of hydrogen-bond acceptors (Lipinski definition) is 4. The summed E-state index contributed by atoms with van der Waals surface area (Å²) in [7, 11) is 0. The van der Waals surface area contributed by atoms with E-state index in [4.69, 9.17) is 12.2 Å². The first-order chi connectivity index (χ1) is 9.10. The smallest absolute Gasteiger partial charge is 0.283 e. The molecule has 0 atom stereocenters. The molecule has 0 unspecified atom stereocenters. The Hall–Kier alpha value is -1.95. The number of amides is 1. The molecule has 0 radical (unpaired) electrons. The Bertz CT molecular complexity index is 485. The number of phenols is 1. The molecule has 0 heterocycles. The van der Waals surface area contributed by atoms with Gasteiger partial charge in [-0.25, -0.2) is 0 Å². The number of thiocarbonyl (C=S) groups is 1. The van der Waals surface area contributed by atoms with Crippen molar-refractivity contribution in [2.75, 3.05) is 13.1 Å². The second-order valence-corrected chi connectivity index (χ2v) is 4.14. The predicted molar refractivity (Wildman–Crippen MR) is 79.4 cm³/mol. The lowest BCUT2D eigenvalue weighted by atomic mass is 10.2. The van der Waals surface area contributed by atoms with Crippen LogP contribution in [-0.2, 0) is 4.79 Å². The molecule has 6 heteroatoms. The van der Waals surface area contributed by atoms with Crippen LogP contribution in [0.2, 0.25) is 0 Å². The third-order valence-corrected chi connectivity index (χ3v) is 2.82. The minimum Gasteiger partial charge on any atom is -0.507 e. The zero-order chi connectivity index (χ0) is 14.3. The lowest BCUT2D eigenvalue weighted by Crippen LogP contribution is -2.40. The Labute approximate surface area is 117 Å². The first kappa shape index (κ1) is 15.1. The number of hydrogen-bond donors (Lipinski definition) is 2. The van der Waals surface area contributed by atoms with Gasteiger partial charge in [-0.1, -0.05) is 24.4 Å². The first-order valence-corrected chi connectivity index (χ1v) is 6.41. The van der Waals surface area contributed by atoms with E-state index in [-0.39, 0.29) is 16.6 Å². The molecule has 0 aliphatic rings.